The molecule has 1 aliphatic carbocycles. The average Bonchev–Trinajstić information content (AvgIpc) is 3.21. The highest BCUT2D eigenvalue weighted by molar-refractivity contribution is 7.99. The molecule has 0 aliphatic heterocycles. The summed E-state index contributed by atoms with van der Waals surface area (Å²) in [5, 5.41) is 0.146. The monoisotopic (exact) mass is 407 g/mol. The Kier molecular flexibility index (Phi) is 6.24. The van der Waals surface area contributed by atoms with Crippen LogP contribution in [0, 0.1) is 0 Å². The Morgan fingerprint density at radius 3 is 2.59 bits per heavy atom. The molecule has 4 rings (SSSR count). The molecular weight excluding hydrogens is 378 g/mol. The third-order valence-electron chi connectivity index (χ3n) is 5.94. The molecule has 5 heteroatoms. The van der Waals surface area contributed by atoms with Gasteiger partial charge in [0.05, 0.1) is 17.4 Å². The summed E-state index contributed by atoms with van der Waals surface area (Å²) < 4.78 is 2.23. The number of carbonyl (C=O) groups is 1. The number of nitrogens with zero attached hydrogens (tertiary/aromatic N) is 3. The van der Waals surface area contributed by atoms with Crippen LogP contribution in [0.5, 0.6) is 0 Å². The number of aromatic nitrogens is 2. The maximum Gasteiger partial charge on any atom is 0.253 e. The van der Waals surface area contributed by atoms with Crippen molar-refractivity contribution in [3.05, 3.63) is 66.0 Å². The highest BCUT2D eigenvalue weighted by Crippen LogP contribution is 2.33. The van der Waals surface area contributed by atoms with E-state index in [0.29, 0.717) is 6.04 Å². The summed E-state index contributed by atoms with van der Waals surface area (Å²) in [6, 6.07) is 16.8. The maximum absolute atomic E-state index is 13.0. The van der Waals surface area contributed by atoms with Crippen LogP contribution in [0.15, 0.2) is 54.9 Å². The van der Waals surface area contributed by atoms with Crippen molar-refractivity contribution in [1.82, 2.24) is 14.5 Å². The number of benzene rings is 2. The Hall–Kier alpha value is -2.27. The zero-order valence-electron chi connectivity index (χ0n) is 17.3. The van der Waals surface area contributed by atoms with Gasteiger partial charge in [0.1, 0.15) is 5.37 Å². The van der Waals surface area contributed by atoms with E-state index in [-0.39, 0.29) is 11.3 Å². The van der Waals surface area contributed by atoms with Crippen molar-refractivity contribution in [2.24, 2.45) is 0 Å². The predicted octanol–water partition coefficient (Wildman–Crippen LogP) is 5.74. The van der Waals surface area contributed by atoms with Crippen LogP contribution in [-0.2, 0) is 0 Å². The molecule has 0 N–H and O–H groups in total. The van der Waals surface area contributed by atoms with E-state index in [0.717, 1.165) is 35.2 Å². The van der Waals surface area contributed by atoms with E-state index in [1.165, 1.54) is 24.8 Å². The quantitative estimate of drug-likeness (QED) is 0.523. The molecule has 1 aliphatic rings. The highest BCUT2D eigenvalue weighted by Gasteiger charge is 2.23. The number of hydrogen-bond donors (Lipinski definition) is 0. The molecule has 1 heterocycles. The van der Waals surface area contributed by atoms with Crippen LogP contribution in [0.1, 0.15) is 60.3 Å². The molecule has 152 valence electrons. The van der Waals surface area contributed by atoms with Crippen molar-refractivity contribution < 1.29 is 4.79 Å². The second kappa shape index (κ2) is 9.04. The van der Waals surface area contributed by atoms with Crippen molar-refractivity contribution in [3.8, 4) is 0 Å². The summed E-state index contributed by atoms with van der Waals surface area (Å²) in [7, 11) is 1.96. The number of rotatable bonds is 6. The Labute approximate surface area is 177 Å². The van der Waals surface area contributed by atoms with Gasteiger partial charge in [0.25, 0.3) is 5.91 Å². The van der Waals surface area contributed by atoms with Crippen LogP contribution in [0.3, 0.4) is 0 Å². The van der Waals surface area contributed by atoms with Gasteiger partial charge in [0.15, 0.2) is 0 Å². The van der Waals surface area contributed by atoms with E-state index in [1.807, 2.05) is 54.3 Å². The maximum atomic E-state index is 13.0. The van der Waals surface area contributed by atoms with Gasteiger partial charge in [-0.1, -0.05) is 50.5 Å². The molecule has 0 spiro atoms. The number of amides is 1. The minimum absolute atomic E-state index is 0.135. The first kappa shape index (κ1) is 20.0. The lowest BCUT2D eigenvalue weighted by Crippen LogP contribution is -2.38. The molecule has 1 fully saturated rings. The first-order chi connectivity index (χ1) is 14.2. The number of carbonyl (C=O) groups excluding carboxylic acids is 1. The number of thioether (sulfide) groups is 1. The second-order valence-corrected chi connectivity index (χ2v) is 9.14. The van der Waals surface area contributed by atoms with Gasteiger partial charge in [0, 0.05) is 18.7 Å². The number of fused-ring (bicyclic) bond motifs is 1. The lowest BCUT2D eigenvalue weighted by Gasteiger charge is -2.31. The van der Waals surface area contributed by atoms with Crippen LogP contribution in [0.4, 0.5) is 0 Å². The summed E-state index contributed by atoms with van der Waals surface area (Å²) in [5.74, 6) is 1.14. The average molecular weight is 408 g/mol. The molecule has 1 aromatic heterocycles. The molecule has 1 unspecified atom stereocenters. The van der Waals surface area contributed by atoms with Crippen LogP contribution < -0.4 is 0 Å². The van der Waals surface area contributed by atoms with Crippen molar-refractivity contribution in [1.29, 1.82) is 0 Å². The molecule has 2 aromatic carbocycles. The molecule has 0 bridgehead atoms. The molecule has 0 radical (unpaired) electrons. The zero-order valence-corrected chi connectivity index (χ0v) is 18.1. The highest BCUT2D eigenvalue weighted by atomic mass is 32.2. The second-order valence-electron chi connectivity index (χ2n) is 7.78. The van der Waals surface area contributed by atoms with Gasteiger partial charge in [-0.3, -0.25) is 4.79 Å². The molecule has 3 aromatic rings. The summed E-state index contributed by atoms with van der Waals surface area (Å²) in [6.07, 6.45) is 7.94. The van der Waals surface area contributed by atoms with Crippen LogP contribution in [-0.4, -0.2) is 39.2 Å². The standard InChI is InChI=1S/C24H29N3OS/c1-3-29-24(27-17-25-21-11-7-8-12-22(21)27)19-15-13-18(14-16-19)23(28)26(2)20-9-5-4-6-10-20/h7-8,11-17,20,24H,3-6,9-10H2,1-2H3. The molecule has 1 atom stereocenters. The Morgan fingerprint density at radius 2 is 1.86 bits per heavy atom. The lowest BCUT2D eigenvalue weighted by molar-refractivity contribution is 0.0696. The first-order valence-corrected chi connectivity index (χ1v) is 11.6. The van der Waals surface area contributed by atoms with E-state index in [9.17, 15) is 4.79 Å². The van der Waals surface area contributed by atoms with Gasteiger partial charge < -0.3 is 9.47 Å². The topological polar surface area (TPSA) is 38.1 Å². The van der Waals surface area contributed by atoms with Crippen molar-refractivity contribution >= 4 is 28.7 Å². The number of para-hydroxylation sites is 2. The fourth-order valence-corrected chi connectivity index (χ4v) is 5.28. The summed E-state index contributed by atoms with van der Waals surface area (Å²) in [5.41, 5.74) is 4.11. The fraction of sp³-hybridized carbons (Fsp3) is 0.417. The summed E-state index contributed by atoms with van der Waals surface area (Å²) in [6.45, 7) is 2.17. The van der Waals surface area contributed by atoms with Gasteiger partial charge in [-0.2, -0.15) is 0 Å². The third kappa shape index (κ3) is 4.20. The van der Waals surface area contributed by atoms with Crippen LogP contribution >= 0.6 is 11.8 Å². The Bertz CT molecular complexity index is 960. The van der Waals surface area contributed by atoms with Gasteiger partial charge in [-0.25, -0.2) is 4.98 Å². The largest absolute Gasteiger partial charge is 0.339 e. The summed E-state index contributed by atoms with van der Waals surface area (Å²) in [4.78, 5) is 19.5. The molecule has 29 heavy (non-hydrogen) atoms. The minimum atomic E-state index is 0.135. The van der Waals surface area contributed by atoms with Gasteiger partial charge >= 0.3 is 0 Å². The first-order valence-electron chi connectivity index (χ1n) is 10.6. The number of imidazole rings is 1. The van der Waals surface area contributed by atoms with E-state index in [2.05, 4.69) is 40.7 Å². The van der Waals surface area contributed by atoms with Gasteiger partial charge in [-0.05, 0) is 48.4 Å². The van der Waals surface area contributed by atoms with Crippen molar-refractivity contribution in [2.75, 3.05) is 12.8 Å². The van der Waals surface area contributed by atoms with E-state index in [4.69, 9.17) is 0 Å². The Balaban J connectivity index is 1.57. The zero-order chi connectivity index (χ0) is 20.2. The van der Waals surface area contributed by atoms with Crippen molar-refractivity contribution in [2.45, 2.75) is 50.4 Å². The van der Waals surface area contributed by atoms with Gasteiger partial charge in [0.2, 0.25) is 0 Å². The summed E-state index contributed by atoms with van der Waals surface area (Å²) >= 11 is 1.87. The molecule has 1 saturated carbocycles. The van der Waals surface area contributed by atoms with E-state index >= 15 is 0 Å². The van der Waals surface area contributed by atoms with Crippen molar-refractivity contribution in [3.63, 3.8) is 0 Å². The molecule has 4 nitrogen and oxygen atoms in total. The predicted molar refractivity (Wildman–Crippen MR) is 121 cm³/mol. The van der Waals surface area contributed by atoms with E-state index < -0.39 is 0 Å². The minimum Gasteiger partial charge on any atom is -0.339 e. The van der Waals surface area contributed by atoms with Gasteiger partial charge in [-0.15, -0.1) is 11.8 Å². The molecule has 1 amide bonds. The molecule has 0 saturated heterocycles. The number of hydrogen-bond acceptors (Lipinski definition) is 3. The van der Waals surface area contributed by atoms with Crippen LogP contribution in [0.25, 0.3) is 11.0 Å². The lowest BCUT2D eigenvalue weighted by atomic mass is 9.94. The third-order valence-corrected chi connectivity index (χ3v) is 7.09. The van der Waals surface area contributed by atoms with Crippen LogP contribution in [0.2, 0.25) is 0 Å². The smallest absolute Gasteiger partial charge is 0.253 e. The normalized spacial score (nSPS) is 16.1. The molecular formula is C24H29N3OS. The SMILES string of the molecule is CCSC(c1ccc(C(=O)N(C)C2CCCCC2)cc1)n1cnc2ccccc21. The van der Waals surface area contributed by atoms with E-state index in [1.54, 1.807) is 0 Å². The Morgan fingerprint density at radius 1 is 1.14 bits per heavy atom. The fourth-order valence-electron chi connectivity index (χ4n) is 4.29.